The third kappa shape index (κ3) is 2.79. The molecule has 0 unspecified atom stereocenters. The van der Waals surface area contributed by atoms with Crippen molar-refractivity contribution in [3.8, 4) is 6.07 Å². The van der Waals surface area contributed by atoms with Gasteiger partial charge in [0, 0.05) is 20.1 Å². The molecule has 2 rings (SSSR count). The van der Waals surface area contributed by atoms with Gasteiger partial charge in [0.1, 0.15) is 6.07 Å². The van der Waals surface area contributed by atoms with Gasteiger partial charge in [-0.25, -0.2) is 0 Å². The molecule has 1 aliphatic heterocycles. The van der Waals surface area contributed by atoms with E-state index in [1.54, 1.807) is 24.3 Å². The maximum atomic E-state index is 12.6. The van der Waals surface area contributed by atoms with Crippen molar-refractivity contribution >= 4 is 15.9 Å². The Morgan fingerprint density at radius 3 is 2.50 bits per heavy atom. The topological polar surface area (TPSA) is 64.4 Å². The maximum absolute atomic E-state index is 12.6. The van der Waals surface area contributed by atoms with E-state index in [2.05, 4.69) is 6.92 Å². The number of rotatable bonds is 3. The van der Waals surface area contributed by atoms with Crippen molar-refractivity contribution in [1.82, 2.24) is 4.31 Å². The molecule has 1 aromatic carbocycles. The van der Waals surface area contributed by atoms with Crippen LogP contribution in [0.4, 0.5) is 5.69 Å². The van der Waals surface area contributed by atoms with E-state index in [9.17, 15) is 8.42 Å². The third-order valence-electron chi connectivity index (χ3n) is 3.78. The van der Waals surface area contributed by atoms with Gasteiger partial charge in [-0.05, 0) is 30.9 Å². The van der Waals surface area contributed by atoms with E-state index in [4.69, 9.17) is 5.26 Å². The summed E-state index contributed by atoms with van der Waals surface area (Å²) in [5, 5.41) is 9.09. The summed E-state index contributed by atoms with van der Waals surface area (Å²) >= 11 is 0. The van der Waals surface area contributed by atoms with Gasteiger partial charge in [0.2, 0.25) is 0 Å². The second-order valence-electron chi connectivity index (χ2n) is 5.19. The van der Waals surface area contributed by atoms with Crippen molar-refractivity contribution in [1.29, 1.82) is 5.26 Å². The molecule has 0 aromatic heterocycles. The Labute approximate surface area is 120 Å². The molecular formula is C14H19N3O2S. The number of hydrogen-bond donors (Lipinski definition) is 0. The molecular weight excluding hydrogens is 274 g/mol. The van der Waals surface area contributed by atoms with Crippen LogP contribution in [0.3, 0.4) is 0 Å². The second kappa shape index (κ2) is 5.81. The van der Waals surface area contributed by atoms with Crippen LogP contribution >= 0.6 is 0 Å². The van der Waals surface area contributed by atoms with Crippen molar-refractivity contribution in [2.75, 3.05) is 24.4 Å². The van der Waals surface area contributed by atoms with Crippen LogP contribution < -0.4 is 4.31 Å². The first-order valence-electron chi connectivity index (χ1n) is 6.70. The minimum absolute atomic E-state index is 0.365. The molecule has 0 aliphatic carbocycles. The summed E-state index contributed by atoms with van der Waals surface area (Å²) in [4.78, 5) is 0. The van der Waals surface area contributed by atoms with Crippen molar-refractivity contribution < 1.29 is 8.42 Å². The van der Waals surface area contributed by atoms with Crippen LogP contribution in [0, 0.1) is 17.2 Å². The molecule has 1 aliphatic rings. The first-order chi connectivity index (χ1) is 9.46. The van der Waals surface area contributed by atoms with E-state index in [1.807, 2.05) is 6.07 Å². The molecule has 0 saturated carbocycles. The van der Waals surface area contributed by atoms with E-state index in [0.717, 1.165) is 12.8 Å². The van der Waals surface area contributed by atoms with Gasteiger partial charge in [-0.15, -0.1) is 0 Å². The van der Waals surface area contributed by atoms with Crippen LogP contribution in [0.1, 0.15) is 25.3 Å². The van der Waals surface area contributed by atoms with Gasteiger partial charge in [-0.3, -0.25) is 4.31 Å². The monoisotopic (exact) mass is 293 g/mol. The zero-order valence-electron chi connectivity index (χ0n) is 11.8. The molecule has 0 amide bonds. The fraction of sp³-hybridized carbons (Fsp3) is 0.500. The lowest BCUT2D eigenvalue weighted by Crippen LogP contribution is -2.45. The molecule has 6 heteroatoms. The highest BCUT2D eigenvalue weighted by Gasteiger charge is 2.31. The molecule has 0 N–H and O–H groups in total. The number of para-hydroxylation sites is 1. The molecule has 1 aromatic rings. The highest BCUT2D eigenvalue weighted by atomic mass is 32.2. The molecule has 1 fully saturated rings. The Morgan fingerprint density at radius 2 is 1.90 bits per heavy atom. The van der Waals surface area contributed by atoms with Gasteiger partial charge >= 0.3 is 10.2 Å². The summed E-state index contributed by atoms with van der Waals surface area (Å²) in [7, 11) is -2.05. The third-order valence-corrected chi connectivity index (χ3v) is 5.69. The fourth-order valence-electron chi connectivity index (χ4n) is 2.36. The average Bonchev–Trinajstić information content (AvgIpc) is 2.46. The summed E-state index contributed by atoms with van der Waals surface area (Å²) in [6, 6.07) is 8.78. The number of nitrogens with zero attached hydrogens (tertiary/aromatic N) is 3. The van der Waals surface area contributed by atoms with Gasteiger partial charge in [-0.2, -0.15) is 18.0 Å². The summed E-state index contributed by atoms with van der Waals surface area (Å²) in [5.74, 6) is 0.568. The largest absolute Gasteiger partial charge is 0.303 e. The summed E-state index contributed by atoms with van der Waals surface area (Å²) < 4.78 is 27.9. The van der Waals surface area contributed by atoms with Crippen LogP contribution in [0.5, 0.6) is 0 Å². The summed E-state index contributed by atoms with van der Waals surface area (Å²) in [6.45, 7) is 3.23. The number of hydrogen-bond acceptors (Lipinski definition) is 3. The second-order valence-corrected chi connectivity index (χ2v) is 7.15. The lowest BCUT2D eigenvalue weighted by Gasteiger charge is -2.33. The predicted octanol–water partition coefficient (Wildman–Crippen LogP) is 1.97. The van der Waals surface area contributed by atoms with Crippen molar-refractivity contribution in [2.24, 2.45) is 5.92 Å². The van der Waals surface area contributed by atoms with Crippen LogP contribution in [0.25, 0.3) is 0 Å². The van der Waals surface area contributed by atoms with Crippen molar-refractivity contribution in [3.05, 3.63) is 29.8 Å². The molecule has 1 heterocycles. The lowest BCUT2D eigenvalue weighted by molar-refractivity contribution is 0.287. The Bertz CT molecular complexity index is 614. The molecule has 1 saturated heterocycles. The van der Waals surface area contributed by atoms with Crippen molar-refractivity contribution in [3.63, 3.8) is 0 Å². The molecule has 0 spiro atoms. The maximum Gasteiger partial charge on any atom is 0.303 e. The Morgan fingerprint density at radius 1 is 1.30 bits per heavy atom. The predicted molar refractivity (Wildman–Crippen MR) is 78.5 cm³/mol. The fourth-order valence-corrected chi connectivity index (χ4v) is 3.78. The number of nitriles is 1. The van der Waals surface area contributed by atoms with Crippen LogP contribution in [-0.4, -0.2) is 32.9 Å². The number of piperidine rings is 1. The highest BCUT2D eigenvalue weighted by Crippen LogP contribution is 2.25. The Kier molecular flexibility index (Phi) is 4.31. The quantitative estimate of drug-likeness (QED) is 0.856. The van der Waals surface area contributed by atoms with Gasteiger partial charge in [0.05, 0.1) is 11.3 Å². The summed E-state index contributed by atoms with van der Waals surface area (Å²) in [6.07, 6.45) is 1.76. The van der Waals surface area contributed by atoms with Crippen LogP contribution in [0.2, 0.25) is 0 Å². The SMILES string of the molecule is CC1CCN(S(=O)(=O)N(C)c2ccccc2C#N)CC1. The van der Waals surface area contributed by atoms with Gasteiger partial charge in [0.15, 0.2) is 0 Å². The van der Waals surface area contributed by atoms with E-state index >= 15 is 0 Å². The molecule has 0 bridgehead atoms. The van der Waals surface area contributed by atoms with E-state index in [1.165, 1.54) is 15.7 Å². The Hall–Kier alpha value is -1.58. The Balaban J connectivity index is 2.28. The molecule has 0 radical (unpaired) electrons. The van der Waals surface area contributed by atoms with E-state index < -0.39 is 10.2 Å². The first kappa shape index (κ1) is 14.8. The van der Waals surface area contributed by atoms with Crippen LogP contribution in [0.15, 0.2) is 24.3 Å². The van der Waals surface area contributed by atoms with Gasteiger partial charge in [0.25, 0.3) is 0 Å². The average molecular weight is 293 g/mol. The minimum atomic E-state index is -3.56. The molecule has 0 atom stereocenters. The standard InChI is InChI=1S/C14H19N3O2S/c1-12-7-9-17(10-8-12)20(18,19)16(2)14-6-4-3-5-13(14)11-15/h3-6,12H,7-10H2,1-2H3. The molecule has 20 heavy (non-hydrogen) atoms. The van der Waals surface area contributed by atoms with Crippen LogP contribution in [-0.2, 0) is 10.2 Å². The zero-order valence-corrected chi connectivity index (χ0v) is 12.6. The van der Waals surface area contributed by atoms with E-state index in [-0.39, 0.29) is 0 Å². The summed E-state index contributed by atoms with van der Waals surface area (Å²) in [5.41, 5.74) is 0.789. The smallest absolute Gasteiger partial charge is 0.259 e. The first-order valence-corrected chi connectivity index (χ1v) is 8.09. The highest BCUT2D eigenvalue weighted by molar-refractivity contribution is 7.90. The zero-order chi connectivity index (χ0) is 14.8. The number of anilines is 1. The lowest BCUT2D eigenvalue weighted by atomic mass is 10.0. The number of benzene rings is 1. The minimum Gasteiger partial charge on any atom is -0.259 e. The molecule has 108 valence electrons. The van der Waals surface area contributed by atoms with Gasteiger partial charge in [-0.1, -0.05) is 19.1 Å². The van der Waals surface area contributed by atoms with Crippen molar-refractivity contribution in [2.45, 2.75) is 19.8 Å². The van der Waals surface area contributed by atoms with Gasteiger partial charge < -0.3 is 0 Å². The normalized spacial score (nSPS) is 17.6. The van der Waals surface area contributed by atoms with E-state index in [0.29, 0.717) is 30.3 Å². The molecule has 5 nitrogen and oxygen atoms in total.